The number of ether oxygens (including phenoxy) is 1. The molecule has 3 aliphatic rings. The predicted molar refractivity (Wildman–Crippen MR) is 109 cm³/mol. The van der Waals surface area contributed by atoms with E-state index in [1.807, 2.05) is 48.5 Å². The van der Waals surface area contributed by atoms with E-state index < -0.39 is 35.7 Å². The van der Waals surface area contributed by atoms with Crippen LogP contribution >= 0.6 is 0 Å². The van der Waals surface area contributed by atoms with E-state index >= 15 is 0 Å². The summed E-state index contributed by atoms with van der Waals surface area (Å²) in [5.41, 5.74) is 4.41. The van der Waals surface area contributed by atoms with Gasteiger partial charge in [-0.15, -0.1) is 0 Å². The van der Waals surface area contributed by atoms with Crippen LogP contribution in [0.15, 0.2) is 48.5 Å². The SMILES string of the molecule is O=C(O)C1C[C@@H]2CN(C(=O)OCC3c4ccccc4-c4ccccc43)C[C@H](C1)C2(F)F. The molecule has 31 heavy (non-hydrogen) atoms. The summed E-state index contributed by atoms with van der Waals surface area (Å²) in [7, 11) is 0. The van der Waals surface area contributed by atoms with Crippen LogP contribution in [0.1, 0.15) is 29.9 Å². The zero-order valence-electron chi connectivity index (χ0n) is 16.8. The molecule has 2 aromatic carbocycles. The Labute approximate surface area is 178 Å². The van der Waals surface area contributed by atoms with Gasteiger partial charge in [-0.2, -0.15) is 0 Å². The topological polar surface area (TPSA) is 66.8 Å². The lowest BCUT2D eigenvalue weighted by Gasteiger charge is -2.48. The fourth-order valence-corrected chi connectivity index (χ4v) is 5.47. The highest BCUT2D eigenvalue weighted by Crippen LogP contribution is 2.49. The normalized spacial score (nSPS) is 26.1. The van der Waals surface area contributed by atoms with Gasteiger partial charge >= 0.3 is 12.1 Å². The summed E-state index contributed by atoms with van der Waals surface area (Å²) >= 11 is 0. The molecule has 1 amide bonds. The first-order valence-electron chi connectivity index (χ1n) is 10.6. The molecule has 1 aliphatic heterocycles. The van der Waals surface area contributed by atoms with Gasteiger partial charge in [-0.3, -0.25) is 4.79 Å². The maximum Gasteiger partial charge on any atom is 0.409 e. The molecule has 7 heteroatoms. The number of likely N-dealkylation sites (tertiary alicyclic amines) is 1. The number of benzene rings is 2. The van der Waals surface area contributed by atoms with E-state index in [-0.39, 0.29) is 38.5 Å². The van der Waals surface area contributed by atoms with E-state index in [9.17, 15) is 23.5 Å². The summed E-state index contributed by atoms with van der Waals surface area (Å²) in [4.78, 5) is 25.4. The number of hydrogen-bond donors (Lipinski definition) is 1. The van der Waals surface area contributed by atoms with Crippen molar-refractivity contribution in [1.29, 1.82) is 0 Å². The first-order valence-corrected chi connectivity index (χ1v) is 10.6. The van der Waals surface area contributed by atoms with Crippen molar-refractivity contribution in [2.45, 2.75) is 24.7 Å². The molecule has 0 spiro atoms. The lowest BCUT2D eigenvalue weighted by atomic mass is 9.69. The number of alkyl halides is 2. The summed E-state index contributed by atoms with van der Waals surface area (Å²) in [6.45, 7) is -0.221. The second kappa shape index (κ2) is 7.32. The minimum atomic E-state index is -2.95. The molecule has 1 heterocycles. The number of carboxylic acids is 1. The largest absolute Gasteiger partial charge is 0.481 e. The Morgan fingerprint density at radius 3 is 2.00 bits per heavy atom. The smallest absolute Gasteiger partial charge is 0.409 e. The van der Waals surface area contributed by atoms with Crippen LogP contribution in [0.5, 0.6) is 0 Å². The van der Waals surface area contributed by atoms with Crippen LogP contribution in [-0.2, 0) is 9.53 Å². The zero-order chi connectivity index (χ0) is 21.8. The highest BCUT2D eigenvalue weighted by atomic mass is 19.3. The molecule has 1 saturated carbocycles. The minimum Gasteiger partial charge on any atom is -0.481 e. The van der Waals surface area contributed by atoms with Crippen molar-refractivity contribution in [1.82, 2.24) is 4.90 Å². The molecule has 1 unspecified atom stereocenters. The molecule has 0 radical (unpaired) electrons. The molecule has 162 valence electrons. The van der Waals surface area contributed by atoms with Crippen LogP contribution < -0.4 is 0 Å². The number of amides is 1. The molecular weight excluding hydrogens is 404 g/mol. The average molecular weight is 427 g/mol. The summed E-state index contributed by atoms with van der Waals surface area (Å²) in [5, 5.41) is 9.25. The molecule has 2 bridgehead atoms. The summed E-state index contributed by atoms with van der Waals surface area (Å²) < 4.78 is 34.8. The van der Waals surface area contributed by atoms with Crippen LogP contribution in [0.2, 0.25) is 0 Å². The molecule has 2 aliphatic carbocycles. The molecule has 3 atom stereocenters. The van der Waals surface area contributed by atoms with E-state index in [1.54, 1.807) is 0 Å². The second-order valence-corrected chi connectivity index (χ2v) is 8.78. The number of halogens is 2. The Kier molecular flexibility index (Phi) is 4.72. The molecular formula is C24H23F2NO4. The standard InChI is InChI=1S/C24H23F2NO4/c25-24(26)15-9-14(22(28)29)10-16(24)12-27(11-15)23(30)31-13-21-19-7-3-1-5-17(19)18-6-2-4-8-20(18)21/h1-8,14-16,21H,9-13H2,(H,28,29)/t14?,15-,16+. The highest BCUT2D eigenvalue weighted by molar-refractivity contribution is 5.79. The van der Waals surface area contributed by atoms with E-state index in [0.29, 0.717) is 0 Å². The summed E-state index contributed by atoms with van der Waals surface area (Å²) in [6, 6.07) is 16.0. The van der Waals surface area contributed by atoms with Crippen molar-refractivity contribution in [2.75, 3.05) is 19.7 Å². The Morgan fingerprint density at radius 1 is 0.968 bits per heavy atom. The van der Waals surface area contributed by atoms with Crippen LogP contribution in [0.3, 0.4) is 0 Å². The monoisotopic (exact) mass is 427 g/mol. The number of carboxylic acid groups (broad SMARTS) is 1. The Hall–Kier alpha value is -2.96. The third-order valence-electron chi connectivity index (χ3n) is 7.05. The van der Waals surface area contributed by atoms with Gasteiger partial charge in [0.2, 0.25) is 0 Å². The van der Waals surface area contributed by atoms with Gasteiger partial charge in [0, 0.05) is 30.8 Å². The van der Waals surface area contributed by atoms with Crippen molar-refractivity contribution in [3.63, 3.8) is 0 Å². The molecule has 0 aromatic heterocycles. The molecule has 2 aromatic rings. The quantitative estimate of drug-likeness (QED) is 0.777. The Bertz CT molecular complexity index is 976. The van der Waals surface area contributed by atoms with Gasteiger partial charge < -0.3 is 14.7 Å². The molecule has 5 rings (SSSR count). The van der Waals surface area contributed by atoms with E-state index in [2.05, 4.69) is 0 Å². The number of carbonyl (C=O) groups is 2. The first-order chi connectivity index (χ1) is 14.9. The van der Waals surface area contributed by atoms with Gasteiger partial charge in [0.25, 0.3) is 5.92 Å². The van der Waals surface area contributed by atoms with Gasteiger partial charge in [-0.05, 0) is 35.1 Å². The van der Waals surface area contributed by atoms with Gasteiger partial charge in [-0.1, -0.05) is 48.5 Å². The van der Waals surface area contributed by atoms with Crippen LogP contribution in [0, 0.1) is 17.8 Å². The van der Waals surface area contributed by atoms with E-state index in [1.165, 1.54) is 4.90 Å². The Balaban J connectivity index is 1.30. The van der Waals surface area contributed by atoms with Gasteiger partial charge in [0.05, 0.1) is 5.92 Å². The number of aliphatic carboxylic acids is 1. The lowest BCUT2D eigenvalue weighted by Crippen LogP contribution is -2.59. The number of carbonyl (C=O) groups excluding carboxylic acids is 1. The number of nitrogens with zero attached hydrogens (tertiary/aromatic N) is 1. The van der Waals surface area contributed by atoms with Crippen LogP contribution in [-0.4, -0.2) is 47.7 Å². The molecule has 1 saturated heterocycles. The fraction of sp³-hybridized carbons (Fsp3) is 0.417. The van der Waals surface area contributed by atoms with Gasteiger partial charge in [0.1, 0.15) is 6.61 Å². The van der Waals surface area contributed by atoms with Crippen molar-refractivity contribution in [3.8, 4) is 11.1 Å². The third kappa shape index (κ3) is 3.27. The highest BCUT2D eigenvalue weighted by Gasteiger charge is 2.57. The second-order valence-electron chi connectivity index (χ2n) is 8.78. The first kappa shape index (κ1) is 20.0. The van der Waals surface area contributed by atoms with Crippen LogP contribution in [0.4, 0.5) is 13.6 Å². The van der Waals surface area contributed by atoms with Crippen molar-refractivity contribution in [3.05, 3.63) is 59.7 Å². The van der Waals surface area contributed by atoms with Gasteiger partial charge in [0.15, 0.2) is 0 Å². The molecule has 5 nitrogen and oxygen atoms in total. The van der Waals surface area contributed by atoms with E-state index in [0.717, 1.165) is 22.3 Å². The number of hydrogen-bond acceptors (Lipinski definition) is 3. The molecule has 2 fully saturated rings. The van der Waals surface area contributed by atoms with Crippen molar-refractivity contribution < 1.29 is 28.2 Å². The van der Waals surface area contributed by atoms with Crippen molar-refractivity contribution in [2.24, 2.45) is 17.8 Å². The van der Waals surface area contributed by atoms with Crippen molar-refractivity contribution >= 4 is 12.1 Å². The van der Waals surface area contributed by atoms with E-state index in [4.69, 9.17) is 4.74 Å². The van der Waals surface area contributed by atoms with Crippen LogP contribution in [0.25, 0.3) is 11.1 Å². The zero-order valence-corrected chi connectivity index (χ0v) is 16.8. The average Bonchev–Trinajstić information content (AvgIpc) is 3.05. The molecule has 1 N–H and O–H groups in total. The summed E-state index contributed by atoms with van der Waals surface area (Å²) in [5.74, 6) is -7.17. The lowest BCUT2D eigenvalue weighted by molar-refractivity contribution is -0.185. The third-order valence-corrected chi connectivity index (χ3v) is 7.05. The summed E-state index contributed by atoms with van der Waals surface area (Å²) in [6.07, 6.45) is -0.848. The maximum absolute atomic E-state index is 14.6. The number of fused-ring (bicyclic) bond motifs is 5. The fourth-order valence-electron chi connectivity index (χ4n) is 5.47. The van der Waals surface area contributed by atoms with Gasteiger partial charge in [-0.25, -0.2) is 13.6 Å². The predicted octanol–water partition coefficient (Wildman–Crippen LogP) is 4.61. The minimum absolute atomic E-state index is 0.0986. The number of rotatable bonds is 3. The Morgan fingerprint density at radius 2 is 1.48 bits per heavy atom. The maximum atomic E-state index is 14.6. The number of piperidine rings is 1.